The topological polar surface area (TPSA) is 12.9 Å². The van der Waals surface area contributed by atoms with E-state index in [1.54, 1.807) is 0 Å². The van der Waals surface area contributed by atoms with Gasteiger partial charge in [0.25, 0.3) is 0 Å². The molecule has 0 N–H and O–H groups in total. The smallest absolute Gasteiger partial charge is 0.0378 e. The molecule has 1 aromatic heterocycles. The van der Waals surface area contributed by atoms with Crippen LogP contribution in [0.5, 0.6) is 0 Å². The van der Waals surface area contributed by atoms with E-state index in [0.29, 0.717) is 5.92 Å². The Bertz CT molecular complexity index is 2070. The van der Waals surface area contributed by atoms with E-state index >= 15 is 0 Å². The Morgan fingerprint density at radius 1 is 0.488 bits per heavy atom. The summed E-state index contributed by atoms with van der Waals surface area (Å²) >= 11 is 0. The van der Waals surface area contributed by atoms with Crippen molar-refractivity contribution < 1.29 is 0 Å². The molecule has 7 aromatic rings. The summed E-state index contributed by atoms with van der Waals surface area (Å²) in [6, 6.07) is 45.3. The van der Waals surface area contributed by atoms with Gasteiger partial charge in [0, 0.05) is 11.9 Å². The molecule has 0 unspecified atom stereocenters. The molecule has 1 heteroatoms. The minimum absolute atomic E-state index is 0.667. The lowest BCUT2D eigenvalue weighted by molar-refractivity contribution is 0.445. The van der Waals surface area contributed by atoms with Crippen molar-refractivity contribution in [2.45, 2.75) is 44.9 Å². The van der Waals surface area contributed by atoms with Crippen molar-refractivity contribution in [3.05, 3.63) is 139 Å². The monoisotopic (exact) mass is 553 g/mol. The van der Waals surface area contributed by atoms with Crippen molar-refractivity contribution in [1.29, 1.82) is 0 Å². The molecule has 1 aliphatic carbocycles. The van der Waals surface area contributed by atoms with Gasteiger partial charge in [0.2, 0.25) is 0 Å². The molecule has 6 aromatic carbocycles. The van der Waals surface area contributed by atoms with Crippen LogP contribution >= 0.6 is 0 Å². The van der Waals surface area contributed by atoms with Gasteiger partial charge in [-0.05, 0) is 115 Å². The second-order valence-electron chi connectivity index (χ2n) is 12.2. The van der Waals surface area contributed by atoms with Crippen LogP contribution in [0, 0.1) is 6.92 Å². The second-order valence-corrected chi connectivity index (χ2v) is 12.2. The molecule has 0 bridgehead atoms. The average Bonchev–Trinajstić information content (AvgIpc) is 3.07. The highest BCUT2D eigenvalue weighted by Gasteiger charge is 2.22. The van der Waals surface area contributed by atoms with Gasteiger partial charge in [-0.1, -0.05) is 122 Å². The number of hydrogen-bond acceptors (Lipinski definition) is 1. The number of pyridine rings is 1. The van der Waals surface area contributed by atoms with E-state index in [1.807, 2.05) is 6.20 Å². The fourth-order valence-electron chi connectivity index (χ4n) is 7.62. The van der Waals surface area contributed by atoms with Crippen molar-refractivity contribution in [1.82, 2.24) is 4.98 Å². The molecule has 208 valence electrons. The van der Waals surface area contributed by atoms with Crippen LogP contribution in [0.3, 0.4) is 0 Å². The third kappa shape index (κ3) is 4.51. The molecule has 1 nitrogen and oxygen atoms in total. The van der Waals surface area contributed by atoms with Crippen LogP contribution in [0.1, 0.15) is 49.3 Å². The average molecular weight is 554 g/mol. The molecule has 1 heterocycles. The van der Waals surface area contributed by atoms with Crippen molar-refractivity contribution in [3.63, 3.8) is 0 Å². The predicted molar refractivity (Wildman–Crippen MR) is 184 cm³/mol. The largest absolute Gasteiger partial charge is 0.262 e. The zero-order valence-corrected chi connectivity index (χ0v) is 24.7. The normalized spacial score (nSPS) is 14.1. The highest BCUT2D eigenvalue weighted by Crippen LogP contribution is 2.47. The summed E-state index contributed by atoms with van der Waals surface area (Å²) in [7, 11) is 0. The first-order valence-corrected chi connectivity index (χ1v) is 15.8. The van der Waals surface area contributed by atoms with Crippen molar-refractivity contribution >= 4 is 32.3 Å². The molecular weight excluding hydrogens is 518 g/mol. The van der Waals surface area contributed by atoms with Crippen LogP contribution < -0.4 is 0 Å². The first-order chi connectivity index (χ1) is 21.3. The van der Waals surface area contributed by atoms with Gasteiger partial charge in [0.05, 0.1) is 0 Å². The Labute approximate surface area is 253 Å². The van der Waals surface area contributed by atoms with E-state index in [9.17, 15) is 0 Å². The van der Waals surface area contributed by atoms with E-state index in [-0.39, 0.29) is 0 Å². The standard InChI is InChI=1S/C42H35N/c1-28-26-31(24-25-43-28)30-14-11-15-32(27-30)41-36-18-7-9-20-38(36)42(39-21-10-8-19-37(39)41)40-23-22-33(29-12-3-2-4-13-29)34-16-5-6-17-35(34)40/h5-11,14-27,29H,2-4,12-13H2,1H3. The van der Waals surface area contributed by atoms with Crippen LogP contribution in [0.2, 0.25) is 0 Å². The zero-order chi connectivity index (χ0) is 28.8. The molecule has 0 atom stereocenters. The Morgan fingerprint density at radius 2 is 1.07 bits per heavy atom. The van der Waals surface area contributed by atoms with Gasteiger partial charge >= 0.3 is 0 Å². The van der Waals surface area contributed by atoms with Gasteiger partial charge in [0.1, 0.15) is 0 Å². The van der Waals surface area contributed by atoms with Crippen molar-refractivity contribution in [2.24, 2.45) is 0 Å². The van der Waals surface area contributed by atoms with E-state index < -0.39 is 0 Å². The van der Waals surface area contributed by atoms with Crippen molar-refractivity contribution in [3.8, 4) is 33.4 Å². The predicted octanol–water partition coefficient (Wildman–Crippen LogP) is 11.9. The molecule has 0 saturated heterocycles. The number of aryl methyl sites for hydroxylation is 1. The highest BCUT2D eigenvalue weighted by atomic mass is 14.6. The lowest BCUT2D eigenvalue weighted by atomic mass is 9.79. The maximum atomic E-state index is 4.42. The highest BCUT2D eigenvalue weighted by molar-refractivity contribution is 6.23. The minimum Gasteiger partial charge on any atom is -0.262 e. The Hall–Kier alpha value is -4.75. The summed E-state index contributed by atoms with van der Waals surface area (Å²) in [5.74, 6) is 0.667. The zero-order valence-electron chi connectivity index (χ0n) is 24.7. The molecule has 0 radical (unpaired) electrons. The summed E-state index contributed by atoms with van der Waals surface area (Å²) in [6.45, 7) is 2.05. The van der Waals surface area contributed by atoms with Gasteiger partial charge in [0.15, 0.2) is 0 Å². The van der Waals surface area contributed by atoms with Crippen LogP contribution in [0.4, 0.5) is 0 Å². The lowest BCUT2D eigenvalue weighted by Crippen LogP contribution is -2.05. The fourth-order valence-corrected chi connectivity index (χ4v) is 7.62. The number of fused-ring (bicyclic) bond motifs is 3. The van der Waals surface area contributed by atoms with E-state index in [1.165, 1.54) is 103 Å². The van der Waals surface area contributed by atoms with E-state index in [0.717, 1.165) is 5.69 Å². The minimum atomic E-state index is 0.667. The number of hydrogen-bond donors (Lipinski definition) is 0. The van der Waals surface area contributed by atoms with Gasteiger partial charge in [-0.25, -0.2) is 0 Å². The molecule has 43 heavy (non-hydrogen) atoms. The fraction of sp³-hybridized carbons (Fsp3) is 0.167. The Kier molecular flexibility index (Phi) is 6.52. The van der Waals surface area contributed by atoms with Gasteiger partial charge in [-0.2, -0.15) is 0 Å². The molecule has 0 amide bonds. The molecular formula is C42H35N. The number of aromatic nitrogens is 1. The molecule has 1 saturated carbocycles. The first-order valence-electron chi connectivity index (χ1n) is 15.8. The van der Waals surface area contributed by atoms with Gasteiger partial charge in [-0.15, -0.1) is 0 Å². The molecule has 1 aliphatic rings. The quantitative estimate of drug-likeness (QED) is 0.198. The third-order valence-corrected chi connectivity index (χ3v) is 9.58. The lowest BCUT2D eigenvalue weighted by Gasteiger charge is -2.25. The summed E-state index contributed by atoms with van der Waals surface area (Å²) in [5.41, 5.74) is 10.2. The van der Waals surface area contributed by atoms with Crippen LogP contribution in [-0.2, 0) is 0 Å². The maximum absolute atomic E-state index is 4.42. The molecule has 8 rings (SSSR count). The molecule has 0 aliphatic heterocycles. The van der Waals surface area contributed by atoms with Gasteiger partial charge < -0.3 is 0 Å². The van der Waals surface area contributed by atoms with E-state index in [2.05, 4.69) is 133 Å². The SMILES string of the molecule is Cc1cc(-c2cccc(-c3c4ccccc4c(-c4ccc(C5CCCCC5)c5ccccc45)c4ccccc34)c2)ccn1. The van der Waals surface area contributed by atoms with E-state index in [4.69, 9.17) is 0 Å². The molecule has 0 spiro atoms. The summed E-state index contributed by atoms with van der Waals surface area (Å²) < 4.78 is 0. The van der Waals surface area contributed by atoms with Gasteiger partial charge in [-0.3, -0.25) is 4.98 Å². The number of benzene rings is 6. The second kappa shape index (κ2) is 10.8. The maximum Gasteiger partial charge on any atom is 0.0378 e. The Morgan fingerprint density at radius 3 is 1.74 bits per heavy atom. The first kappa shape index (κ1) is 25.9. The summed E-state index contributed by atoms with van der Waals surface area (Å²) in [6.07, 6.45) is 8.59. The molecule has 1 fully saturated rings. The van der Waals surface area contributed by atoms with Crippen LogP contribution in [0.25, 0.3) is 65.7 Å². The summed E-state index contributed by atoms with van der Waals surface area (Å²) in [4.78, 5) is 4.42. The van der Waals surface area contributed by atoms with Crippen LogP contribution in [0.15, 0.2) is 128 Å². The third-order valence-electron chi connectivity index (χ3n) is 9.58. The number of rotatable bonds is 4. The van der Waals surface area contributed by atoms with Crippen LogP contribution in [-0.4, -0.2) is 4.98 Å². The summed E-state index contributed by atoms with van der Waals surface area (Å²) in [5, 5.41) is 7.97. The van der Waals surface area contributed by atoms with Crippen molar-refractivity contribution in [2.75, 3.05) is 0 Å². The number of nitrogens with zero attached hydrogens (tertiary/aromatic N) is 1. The Balaban J connectivity index is 1.40.